The lowest BCUT2D eigenvalue weighted by atomic mass is 10.3. The van der Waals surface area contributed by atoms with Gasteiger partial charge in [-0.1, -0.05) is 6.07 Å². The third kappa shape index (κ3) is 2.67. The van der Waals surface area contributed by atoms with Gasteiger partial charge in [-0.15, -0.1) is 0 Å². The molecule has 16 heavy (non-hydrogen) atoms. The van der Waals surface area contributed by atoms with Crippen molar-refractivity contribution in [3.05, 3.63) is 48.0 Å². The zero-order valence-electron chi connectivity index (χ0n) is 9.43. The predicted molar refractivity (Wildman–Crippen MR) is 62.7 cm³/mol. The van der Waals surface area contributed by atoms with Gasteiger partial charge in [0.1, 0.15) is 0 Å². The number of rotatable bonds is 5. The van der Waals surface area contributed by atoms with E-state index in [1.54, 1.807) is 6.20 Å². The van der Waals surface area contributed by atoms with Crippen LogP contribution in [0.5, 0.6) is 0 Å². The fourth-order valence-electron chi connectivity index (χ4n) is 1.63. The van der Waals surface area contributed by atoms with Crippen LogP contribution in [0.1, 0.15) is 18.2 Å². The van der Waals surface area contributed by atoms with E-state index >= 15 is 0 Å². The van der Waals surface area contributed by atoms with Crippen LogP contribution in [0.3, 0.4) is 0 Å². The van der Waals surface area contributed by atoms with Gasteiger partial charge in [-0.05, 0) is 24.6 Å². The molecule has 0 saturated carbocycles. The van der Waals surface area contributed by atoms with Crippen LogP contribution in [0.25, 0.3) is 0 Å². The monoisotopic (exact) mass is 216 g/mol. The van der Waals surface area contributed by atoms with E-state index in [9.17, 15) is 0 Å². The fraction of sp³-hybridized carbons (Fsp3) is 0.333. The third-order valence-corrected chi connectivity index (χ3v) is 2.46. The molecule has 2 aromatic rings. The number of nitrogens with zero attached hydrogens (tertiary/aromatic N) is 3. The maximum atomic E-state index is 4.22. The fourth-order valence-corrected chi connectivity index (χ4v) is 1.63. The van der Waals surface area contributed by atoms with Gasteiger partial charge in [0.15, 0.2) is 0 Å². The number of hydrogen-bond donors (Lipinski definition) is 1. The molecule has 0 amide bonds. The molecule has 4 nitrogen and oxygen atoms in total. The summed E-state index contributed by atoms with van der Waals surface area (Å²) in [7, 11) is 0. The predicted octanol–water partition coefficient (Wildman–Crippen LogP) is 1.59. The van der Waals surface area contributed by atoms with Crippen molar-refractivity contribution in [2.24, 2.45) is 0 Å². The molecule has 2 aromatic heterocycles. The molecule has 2 rings (SSSR count). The molecule has 4 heteroatoms. The van der Waals surface area contributed by atoms with E-state index in [1.807, 2.05) is 29.2 Å². The zero-order chi connectivity index (χ0) is 11.2. The van der Waals surface area contributed by atoms with Gasteiger partial charge in [0.05, 0.1) is 5.69 Å². The second-order valence-electron chi connectivity index (χ2n) is 3.60. The van der Waals surface area contributed by atoms with E-state index in [0.717, 1.165) is 19.6 Å². The summed E-state index contributed by atoms with van der Waals surface area (Å²) in [6.45, 7) is 4.68. The summed E-state index contributed by atoms with van der Waals surface area (Å²) in [5, 5.41) is 7.60. The highest BCUT2D eigenvalue weighted by Crippen LogP contribution is 2.00. The third-order valence-electron chi connectivity index (χ3n) is 2.46. The summed E-state index contributed by atoms with van der Waals surface area (Å²) in [5.41, 5.74) is 2.41. The first kappa shape index (κ1) is 10.8. The van der Waals surface area contributed by atoms with Crippen LogP contribution >= 0.6 is 0 Å². The van der Waals surface area contributed by atoms with E-state index in [4.69, 9.17) is 0 Å². The van der Waals surface area contributed by atoms with Gasteiger partial charge in [0.2, 0.25) is 0 Å². The van der Waals surface area contributed by atoms with Gasteiger partial charge in [0, 0.05) is 38.2 Å². The molecule has 0 atom stereocenters. The molecular weight excluding hydrogens is 200 g/mol. The van der Waals surface area contributed by atoms with Gasteiger partial charge in [0.25, 0.3) is 0 Å². The minimum absolute atomic E-state index is 0.836. The van der Waals surface area contributed by atoms with Crippen molar-refractivity contribution >= 4 is 0 Å². The van der Waals surface area contributed by atoms with Gasteiger partial charge in [-0.3, -0.25) is 9.67 Å². The van der Waals surface area contributed by atoms with Crippen LogP contribution < -0.4 is 5.32 Å². The molecule has 84 valence electrons. The van der Waals surface area contributed by atoms with Crippen LogP contribution in [-0.4, -0.2) is 14.8 Å². The maximum Gasteiger partial charge on any atom is 0.0522 e. The Hall–Kier alpha value is -1.68. The van der Waals surface area contributed by atoms with Crippen molar-refractivity contribution in [3.63, 3.8) is 0 Å². The van der Waals surface area contributed by atoms with Crippen molar-refractivity contribution in [3.8, 4) is 0 Å². The van der Waals surface area contributed by atoms with Crippen molar-refractivity contribution in [2.75, 3.05) is 0 Å². The number of hydrogen-bond acceptors (Lipinski definition) is 3. The maximum absolute atomic E-state index is 4.22. The normalized spacial score (nSPS) is 10.6. The topological polar surface area (TPSA) is 42.7 Å². The molecule has 0 bridgehead atoms. The lowest BCUT2D eigenvalue weighted by molar-refractivity contribution is 0.581. The van der Waals surface area contributed by atoms with Crippen LogP contribution in [0, 0.1) is 0 Å². The van der Waals surface area contributed by atoms with Crippen molar-refractivity contribution in [2.45, 2.75) is 26.6 Å². The second-order valence-corrected chi connectivity index (χ2v) is 3.60. The van der Waals surface area contributed by atoms with Crippen molar-refractivity contribution in [1.29, 1.82) is 0 Å². The summed E-state index contributed by atoms with van der Waals surface area (Å²) in [6.07, 6.45) is 5.50. The number of nitrogens with one attached hydrogen (secondary N) is 1. The van der Waals surface area contributed by atoms with Crippen LogP contribution in [0.2, 0.25) is 0 Å². The van der Waals surface area contributed by atoms with Gasteiger partial charge in [-0.25, -0.2) is 0 Å². The lowest BCUT2D eigenvalue weighted by Gasteiger charge is -2.06. The average molecular weight is 216 g/mol. The quantitative estimate of drug-likeness (QED) is 0.825. The van der Waals surface area contributed by atoms with E-state index in [2.05, 4.69) is 28.4 Å². The Morgan fingerprint density at radius 2 is 2.19 bits per heavy atom. The minimum atomic E-state index is 0.836. The standard InChI is InChI=1S/C12H16N4/c1-2-16-12(5-7-15-16)10-14-9-11-4-3-6-13-8-11/h3-8,14H,2,9-10H2,1H3. The Labute approximate surface area is 95.3 Å². The molecular formula is C12H16N4. The summed E-state index contributed by atoms with van der Waals surface area (Å²) in [6, 6.07) is 6.06. The van der Waals surface area contributed by atoms with E-state index in [-0.39, 0.29) is 0 Å². The first-order valence-electron chi connectivity index (χ1n) is 5.50. The highest BCUT2D eigenvalue weighted by atomic mass is 15.3. The molecule has 0 aliphatic rings. The van der Waals surface area contributed by atoms with Crippen LogP contribution in [-0.2, 0) is 19.6 Å². The molecule has 2 heterocycles. The second kappa shape index (κ2) is 5.42. The zero-order valence-corrected chi connectivity index (χ0v) is 9.43. The highest BCUT2D eigenvalue weighted by Gasteiger charge is 1.99. The summed E-state index contributed by atoms with van der Waals surface area (Å²) < 4.78 is 2.00. The summed E-state index contributed by atoms with van der Waals surface area (Å²) in [5.74, 6) is 0. The van der Waals surface area contributed by atoms with Crippen molar-refractivity contribution in [1.82, 2.24) is 20.1 Å². The molecule has 0 fully saturated rings. The minimum Gasteiger partial charge on any atom is -0.307 e. The molecule has 0 saturated heterocycles. The molecule has 1 N–H and O–H groups in total. The first-order chi connectivity index (χ1) is 7.90. The molecule has 0 spiro atoms. The van der Waals surface area contributed by atoms with Gasteiger partial charge in [-0.2, -0.15) is 5.10 Å². The van der Waals surface area contributed by atoms with E-state index in [1.165, 1.54) is 11.3 Å². The smallest absolute Gasteiger partial charge is 0.0522 e. The average Bonchev–Trinajstić information content (AvgIpc) is 2.78. The largest absolute Gasteiger partial charge is 0.307 e. The van der Waals surface area contributed by atoms with E-state index < -0.39 is 0 Å². The summed E-state index contributed by atoms with van der Waals surface area (Å²) >= 11 is 0. The van der Waals surface area contributed by atoms with Crippen molar-refractivity contribution < 1.29 is 0 Å². The van der Waals surface area contributed by atoms with Gasteiger partial charge >= 0.3 is 0 Å². The Morgan fingerprint density at radius 3 is 2.94 bits per heavy atom. The molecule has 0 unspecified atom stereocenters. The Morgan fingerprint density at radius 1 is 1.25 bits per heavy atom. The van der Waals surface area contributed by atoms with Gasteiger partial charge < -0.3 is 5.32 Å². The van der Waals surface area contributed by atoms with E-state index in [0.29, 0.717) is 0 Å². The molecule has 0 aliphatic carbocycles. The highest BCUT2D eigenvalue weighted by molar-refractivity contribution is 5.08. The molecule has 0 aliphatic heterocycles. The van der Waals surface area contributed by atoms with Crippen LogP contribution in [0.4, 0.5) is 0 Å². The Kier molecular flexibility index (Phi) is 3.66. The summed E-state index contributed by atoms with van der Waals surface area (Å²) in [4.78, 5) is 4.08. The number of pyridine rings is 1. The first-order valence-corrected chi connectivity index (χ1v) is 5.50. The lowest BCUT2D eigenvalue weighted by Crippen LogP contribution is -2.16. The number of aromatic nitrogens is 3. The molecule has 0 aromatic carbocycles. The Bertz CT molecular complexity index is 422. The SMILES string of the molecule is CCn1nccc1CNCc1cccnc1. The Balaban J connectivity index is 1.85. The molecule has 0 radical (unpaired) electrons. The number of aryl methyl sites for hydroxylation is 1. The van der Waals surface area contributed by atoms with Crippen LogP contribution in [0.15, 0.2) is 36.8 Å².